The lowest BCUT2D eigenvalue weighted by molar-refractivity contribution is 0.146. The molecule has 6 aromatic rings. The van der Waals surface area contributed by atoms with Crippen molar-refractivity contribution in [3.8, 4) is 17.3 Å². The lowest BCUT2D eigenvalue weighted by atomic mass is 10.1. The van der Waals surface area contributed by atoms with E-state index in [0.717, 1.165) is 12.1 Å². The summed E-state index contributed by atoms with van der Waals surface area (Å²) in [6.07, 6.45) is -1.18. The molecule has 0 unspecified atom stereocenters. The predicted molar refractivity (Wildman–Crippen MR) is 120 cm³/mol. The highest BCUT2D eigenvalue weighted by Gasteiger charge is 2.20. The van der Waals surface area contributed by atoms with Crippen LogP contribution in [-0.2, 0) is 6.61 Å². The monoisotopic (exact) mass is 499 g/mol. The summed E-state index contributed by atoms with van der Waals surface area (Å²) < 4.78 is 66.5. The Balaban J connectivity index is 1.35. The maximum atomic E-state index is 13.8. The number of nitrogens with zero attached hydrogens (tertiary/aromatic N) is 5. The Labute approximate surface area is 197 Å². The second-order valence-corrected chi connectivity index (χ2v) is 8.70. The van der Waals surface area contributed by atoms with Gasteiger partial charge >= 0.3 is 0 Å². The van der Waals surface area contributed by atoms with E-state index in [4.69, 9.17) is 9.15 Å². The molecule has 5 aromatic heterocycles. The van der Waals surface area contributed by atoms with E-state index in [-0.39, 0.29) is 23.9 Å². The summed E-state index contributed by atoms with van der Waals surface area (Å²) in [5, 5.41) is 5.10. The molecule has 1 aromatic carbocycles. The van der Waals surface area contributed by atoms with Crippen molar-refractivity contribution >= 4 is 37.4 Å². The van der Waals surface area contributed by atoms with E-state index in [1.54, 1.807) is 19.1 Å². The van der Waals surface area contributed by atoms with Gasteiger partial charge in [-0.05, 0) is 42.8 Å². The zero-order valence-electron chi connectivity index (χ0n) is 17.8. The summed E-state index contributed by atoms with van der Waals surface area (Å²) in [6.45, 7) is 1.66. The number of halogens is 4. The molecular formula is C23H13F4N5O2S. The van der Waals surface area contributed by atoms with Crippen LogP contribution in [0.5, 0.6) is 5.75 Å². The van der Waals surface area contributed by atoms with Crippen LogP contribution in [0.15, 0.2) is 47.1 Å². The van der Waals surface area contributed by atoms with Crippen LogP contribution < -0.4 is 4.74 Å². The number of furan rings is 1. The average molecular weight is 499 g/mol. The van der Waals surface area contributed by atoms with E-state index in [1.165, 1.54) is 34.3 Å². The largest absolute Gasteiger partial charge is 0.483 e. The SMILES string of the molecule is Cc1cc(C(F)F)nc2sc3c(ncn4nc(-c5ccc(COc6ccc(F)cc6F)o5)nc34)c12. The van der Waals surface area contributed by atoms with Crippen LogP contribution in [0.2, 0.25) is 0 Å². The van der Waals surface area contributed by atoms with Gasteiger partial charge in [-0.1, -0.05) is 0 Å². The third kappa shape index (κ3) is 3.66. The molecule has 35 heavy (non-hydrogen) atoms. The molecular weight excluding hydrogens is 486 g/mol. The molecule has 0 saturated carbocycles. The van der Waals surface area contributed by atoms with Crippen LogP contribution in [0.4, 0.5) is 17.6 Å². The zero-order valence-corrected chi connectivity index (χ0v) is 18.6. The van der Waals surface area contributed by atoms with Crippen molar-refractivity contribution < 1.29 is 26.7 Å². The summed E-state index contributed by atoms with van der Waals surface area (Å²) in [4.78, 5) is 13.6. The lowest BCUT2D eigenvalue weighted by Crippen LogP contribution is -1.96. The fraction of sp³-hybridized carbons (Fsp3) is 0.130. The van der Waals surface area contributed by atoms with Gasteiger partial charge in [-0.3, -0.25) is 0 Å². The number of pyridine rings is 1. The van der Waals surface area contributed by atoms with Crippen LogP contribution >= 0.6 is 11.3 Å². The molecule has 176 valence electrons. The third-order valence-electron chi connectivity index (χ3n) is 5.35. The molecule has 0 radical (unpaired) electrons. The van der Waals surface area contributed by atoms with Crippen LogP contribution in [0.1, 0.15) is 23.4 Å². The predicted octanol–water partition coefficient (Wildman–Crippen LogP) is 6.25. The Morgan fingerprint density at radius 2 is 1.97 bits per heavy atom. The topological polar surface area (TPSA) is 78.3 Å². The van der Waals surface area contributed by atoms with Gasteiger partial charge in [-0.15, -0.1) is 16.4 Å². The van der Waals surface area contributed by atoms with Crippen molar-refractivity contribution in [1.82, 2.24) is 24.6 Å². The first-order chi connectivity index (χ1) is 16.9. The van der Waals surface area contributed by atoms with Gasteiger partial charge in [0.25, 0.3) is 6.43 Å². The van der Waals surface area contributed by atoms with Gasteiger partial charge in [-0.25, -0.2) is 37.0 Å². The number of fused-ring (bicyclic) bond motifs is 5. The molecule has 0 aliphatic rings. The highest BCUT2D eigenvalue weighted by atomic mass is 32.1. The quantitative estimate of drug-likeness (QED) is 0.261. The van der Waals surface area contributed by atoms with E-state index in [1.807, 2.05) is 0 Å². The molecule has 0 bridgehead atoms. The number of thiophene rings is 1. The van der Waals surface area contributed by atoms with Crippen LogP contribution in [0.25, 0.3) is 37.7 Å². The van der Waals surface area contributed by atoms with Gasteiger partial charge in [-0.2, -0.15) is 0 Å². The minimum absolute atomic E-state index is 0.0878. The van der Waals surface area contributed by atoms with Gasteiger partial charge in [0.05, 0.1) is 5.52 Å². The second-order valence-electron chi connectivity index (χ2n) is 7.70. The van der Waals surface area contributed by atoms with Crippen molar-refractivity contribution in [2.75, 3.05) is 0 Å². The summed E-state index contributed by atoms with van der Waals surface area (Å²) in [7, 11) is 0. The highest BCUT2D eigenvalue weighted by molar-refractivity contribution is 7.26. The van der Waals surface area contributed by atoms with E-state index in [2.05, 4.69) is 20.1 Å². The third-order valence-corrected chi connectivity index (χ3v) is 6.42. The minimum atomic E-state index is -2.67. The normalized spacial score (nSPS) is 11.9. The summed E-state index contributed by atoms with van der Waals surface area (Å²) >= 11 is 1.22. The molecule has 5 heterocycles. The summed E-state index contributed by atoms with van der Waals surface area (Å²) in [5.41, 5.74) is 1.46. The molecule has 0 spiro atoms. The van der Waals surface area contributed by atoms with E-state index in [9.17, 15) is 17.6 Å². The van der Waals surface area contributed by atoms with Crippen LogP contribution in [0.3, 0.4) is 0 Å². The van der Waals surface area contributed by atoms with Gasteiger partial charge in [0.1, 0.15) is 39.7 Å². The molecule has 7 nitrogen and oxygen atoms in total. The number of aryl methyl sites for hydroxylation is 1. The van der Waals surface area contributed by atoms with E-state index >= 15 is 0 Å². The van der Waals surface area contributed by atoms with E-state index in [0.29, 0.717) is 43.2 Å². The minimum Gasteiger partial charge on any atom is -0.483 e. The average Bonchev–Trinajstić information content (AvgIpc) is 3.54. The van der Waals surface area contributed by atoms with Crippen molar-refractivity contribution in [2.45, 2.75) is 20.0 Å². The Bertz CT molecular complexity index is 1740. The Hall–Kier alpha value is -4.06. The molecule has 0 atom stereocenters. The fourth-order valence-corrected chi connectivity index (χ4v) is 4.95. The number of hydrogen-bond donors (Lipinski definition) is 0. The first kappa shape index (κ1) is 21.5. The Morgan fingerprint density at radius 1 is 1.11 bits per heavy atom. The molecule has 0 amide bonds. The zero-order chi connectivity index (χ0) is 24.3. The van der Waals surface area contributed by atoms with Crippen molar-refractivity contribution in [3.63, 3.8) is 0 Å². The summed E-state index contributed by atoms with van der Waals surface area (Å²) in [6, 6.07) is 7.67. The molecule has 6 rings (SSSR count). The molecule has 0 fully saturated rings. The van der Waals surface area contributed by atoms with Crippen molar-refractivity contribution in [2.24, 2.45) is 0 Å². The number of aromatic nitrogens is 5. The molecule has 12 heteroatoms. The summed E-state index contributed by atoms with van der Waals surface area (Å²) in [5.74, 6) is -0.622. The Kier molecular flexibility index (Phi) is 4.92. The van der Waals surface area contributed by atoms with Gasteiger partial charge in [0, 0.05) is 11.5 Å². The lowest BCUT2D eigenvalue weighted by Gasteiger charge is -2.05. The van der Waals surface area contributed by atoms with Crippen molar-refractivity contribution in [1.29, 1.82) is 0 Å². The molecule has 0 aliphatic heterocycles. The maximum Gasteiger partial charge on any atom is 0.280 e. The first-order valence-corrected chi connectivity index (χ1v) is 11.1. The highest BCUT2D eigenvalue weighted by Crippen LogP contribution is 2.37. The number of rotatable bonds is 5. The first-order valence-electron chi connectivity index (χ1n) is 10.3. The molecule has 0 saturated heterocycles. The number of benzene rings is 1. The van der Waals surface area contributed by atoms with Crippen LogP contribution in [-0.4, -0.2) is 24.6 Å². The fourth-order valence-electron chi connectivity index (χ4n) is 3.77. The molecule has 0 N–H and O–H groups in total. The number of alkyl halides is 2. The van der Waals surface area contributed by atoms with Gasteiger partial charge < -0.3 is 9.15 Å². The Morgan fingerprint density at radius 3 is 2.77 bits per heavy atom. The number of ether oxygens (including phenoxy) is 1. The van der Waals surface area contributed by atoms with E-state index < -0.39 is 18.1 Å². The van der Waals surface area contributed by atoms with Gasteiger partial charge in [0.15, 0.2) is 23.0 Å². The number of hydrogen-bond acceptors (Lipinski definition) is 7. The smallest absolute Gasteiger partial charge is 0.280 e. The standard InChI is InChI=1S/C23H13F4N5O2S/c1-10-6-14(20(26)27)29-23-17(10)18-19(35-23)22-30-21(31-32(22)9-28-18)16-5-3-12(34-16)8-33-15-4-2-11(24)7-13(15)25/h2-7,9,20H,8H2,1H3. The second kappa shape index (κ2) is 8.01. The molecule has 0 aliphatic carbocycles. The van der Waals surface area contributed by atoms with Gasteiger partial charge in [0.2, 0.25) is 5.82 Å². The van der Waals surface area contributed by atoms with Crippen LogP contribution in [0, 0.1) is 18.6 Å². The van der Waals surface area contributed by atoms with Crippen molar-refractivity contribution in [3.05, 3.63) is 71.4 Å². The maximum absolute atomic E-state index is 13.8.